The number of alkyl halides is 2. The predicted octanol–water partition coefficient (Wildman–Crippen LogP) is 4.67. The fourth-order valence-electron chi connectivity index (χ4n) is 1.13. The number of benzene rings is 1. The first-order chi connectivity index (χ1) is 6.27. The summed E-state index contributed by atoms with van der Waals surface area (Å²) in [7, 11) is 0. The predicted molar refractivity (Wildman–Crippen MR) is 68.9 cm³/mol. The Labute approximate surface area is 104 Å². The van der Waals surface area contributed by atoms with E-state index in [2.05, 4.69) is 66.0 Å². The minimum absolute atomic E-state index is 0.909. The van der Waals surface area contributed by atoms with Crippen LogP contribution in [-0.2, 0) is 11.8 Å². The van der Waals surface area contributed by atoms with Crippen molar-refractivity contribution in [3.63, 3.8) is 0 Å². The van der Waals surface area contributed by atoms with Crippen molar-refractivity contribution in [3.05, 3.63) is 33.8 Å². The number of hydrogen-bond donors (Lipinski definition) is 0. The van der Waals surface area contributed by atoms with Crippen LogP contribution >= 0.6 is 47.8 Å². The second-order valence-electron chi connectivity index (χ2n) is 2.85. The summed E-state index contributed by atoms with van der Waals surface area (Å²) >= 11 is 10.4. The number of rotatable bonds is 4. The van der Waals surface area contributed by atoms with Gasteiger partial charge in [0, 0.05) is 15.1 Å². The highest BCUT2D eigenvalue weighted by Crippen LogP contribution is 2.21. The second kappa shape index (κ2) is 6.20. The fraction of sp³-hybridized carbons (Fsp3) is 0.400. The SMILES string of the molecule is BrCCCc1ccc(CBr)c(Br)c1. The van der Waals surface area contributed by atoms with Gasteiger partial charge in [0.25, 0.3) is 0 Å². The van der Waals surface area contributed by atoms with Gasteiger partial charge in [0.2, 0.25) is 0 Å². The molecule has 0 saturated heterocycles. The normalized spacial score (nSPS) is 10.4. The molecule has 0 spiro atoms. The molecule has 0 nitrogen and oxygen atoms in total. The van der Waals surface area contributed by atoms with Crippen LogP contribution in [0.15, 0.2) is 22.7 Å². The van der Waals surface area contributed by atoms with E-state index in [0.29, 0.717) is 0 Å². The average Bonchev–Trinajstić information content (AvgIpc) is 2.15. The van der Waals surface area contributed by atoms with Crippen LogP contribution in [0.5, 0.6) is 0 Å². The molecule has 0 atom stereocenters. The Morgan fingerprint density at radius 3 is 2.46 bits per heavy atom. The smallest absolute Gasteiger partial charge is 0.0294 e. The molecule has 1 aromatic carbocycles. The monoisotopic (exact) mass is 368 g/mol. The lowest BCUT2D eigenvalue weighted by atomic mass is 10.1. The third-order valence-corrected chi connectivity index (χ3v) is 3.76. The van der Waals surface area contributed by atoms with Crippen molar-refractivity contribution < 1.29 is 0 Å². The Morgan fingerprint density at radius 2 is 1.92 bits per heavy atom. The third-order valence-electron chi connectivity index (χ3n) is 1.86. The molecule has 0 heterocycles. The summed E-state index contributed by atoms with van der Waals surface area (Å²) in [5.41, 5.74) is 2.71. The van der Waals surface area contributed by atoms with E-state index >= 15 is 0 Å². The minimum atomic E-state index is 0.909. The highest BCUT2D eigenvalue weighted by molar-refractivity contribution is 9.10. The summed E-state index contributed by atoms with van der Waals surface area (Å²) < 4.78 is 1.21. The molecule has 0 bridgehead atoms. The molecule has 0 saturated carbocycles. The molecular weight excluding hydrogens is 360 g/mol. The number of aryl methyl sites for hydroxylation is 1. The zero-order valence-electron chi connectivity index (χ0n) is 7.19. The average molecular weight is 371 g/mol. The summed E-state index contributed by atoms with van der Waals surface area (Å²) in [4.78, 5) is 0. The highest BCUT2D eigenvalue weighted by Gasteiger charge is 1.99. The van der Waals surface area contributed by atoms with Gasteiger partial charge in [-0.05, 0) is 30.0 Å². The van der Waals surface area contributed by atoms with Crippen molar-refractivity contribution in [1.82, 2.24) is 0 Å². The molecule has 0 aliphatic heterocycles. The van der Waals surface area contributed by atoms with Crippen molar-refractivity contribution in [2.45, 2.75) is 18.2 Å². The quantitative estimate of drug-likeness (QED) is 0.675. The minimum Gasteiger partial charge on any atom is -0.0928 e. The highest BCUT2D eigenvalue weighted by atomic mass is 79.9. The largest absolute Gasteiger partial charge is 0.0928 e. The number of hydrogen-bond acceptors (Lipinski definition) is 0. The van der Waals surface area contributed by atoms with E-state index in [0.717, 1.165) is 17.1 Å². The van der Waals surface area contributed by atoms with E-state index in [1.54, 1.807) is 0 Å². The maximum absolute atomic E-state index is 3.56. The lowest BCUT2D eigenvalue weighted by Gasteiger charge is -2.04. The van der Waals surface area contributed by atoms with Crippen molar-refractivity contribution in [3.8, 4) is 0 Å². The Morgan fingerprint density at radius 1 is 1.15 bits per heavy atom. The summed E-state index contributed by atoms with van der Waals surface area (Å²) in [5.74, 6) is 0. The van der Waals surface area contributed by atoms with Crippen LogP contribution in [0.4, 0.5) is 0 Å². The summed E-state index contributed by atoms with van der Waals surface area (Å²) in [6.45, 7) is 0. The first kappa shape index (κ1) is 11.7. The van der Waals surface area contributed by atoms with Crippen LogP contribution in [0.3, 0.4) is 0 Å². The molecule has 0 unspecified atom stereocenters. The molecular formula is C10H11Br3. The van der Waals surface area contributed by atoms with Gasteiger partial charge in [-0.2, -0.15) is 0 Å². The Balaban J connectivity index is 2.71. The van der Waals surface area contributed by atoms with Crippen molar-refractivity contribution in [1.29, 1.82) is 0 Å². The van der Waals surface area contributed by atoms with Gasteiger partial charge in [-0.25, -0.2) is 0 Å². The van der Waals surface area contributed by atoms with E-state index in [4.69, 9.17) is 0 Å². The molecule has 0 radical (unpaired) electrons. The van der Waals surface area contributed by atoms with Gasteiger partial charge in [0.05, 0.1) is 0 Å². The molecule has 0 N–H and O–H groups in total. The summed E-state index contributed by atoms with van der Waals surface area (Å²) in [6, 6.07) is 6.58. The Kier molecular flexibility index (Phi) is 5.60. The Bertz CT molecular complexity index is 271. The zero-order valence-corrected chi connectivity index (χ0v) is 12.0. The molecule has 13 heavy (non-hydrogen) atoms. The summed E-state index contributed by atoms with van der Waals surface area (Å²) in [5, 5.41) is 1.98. The zero-order chi connectivity index (χ0) is 9.68. The topological polar surface area (TPSA) is 0 Å². The van der Waals surface area contributed by atoms with Crippen LogP contribution in [0.1, 0.15) is 17.5 Å². The van der Waals surface area contributed by atoms with Crippen LogP contribution in [0, 0.1) is 0 Å². The third kappa shape index (κ3) is 3.72. The number of halogens is 3. The van der Waals surface area contributed by atoms with Crippen LogP contribution in [0.2, 0.25) is 0 Å². The first-order valence-electron chi connectivity index (χ1n) is 4.17. The molecule has 0 aliphatic rings. The van der Waals surface area contributed by atoms with Gasteiger partial charge in [0.1, 0.15) is 0 Å². The van der Waals surface area contributed by atoms with E-state index < -0.39 is 0 Å². The maximum atomic E-state index is 3.56. The summed E-state index contributed by atoms with van der Waals surface area (Å²) in [6.07, 6.45) is 2.34. The van der Waals surface area contributed by atoms with Gasteiger partial charge in [-0.15, -0.1) is 0 Å². The van der Waals surface area contributed by atoms with Gasteiger partial charge >= 0.3 is 0 Å². The van der Waals surface area contributed by atoms with Gasteiger partial charge in [-0.3, -0.25) is 0 Å². The van der Waals surface area contributed by atoms with Gasteiger partial charge < -0.3 is 0 Å². The molecule has 3 heteroatoms. The lowest BCUT2D eigenvalue weighted by molar-refractivity contribution is 0.937. The van der Waals surface area contributed by atoms with Crippen molar-refractivity contribution >= 4 is 47.8 Å². The van der Waals surface area contributed by atoms with Gasteiger partial charge in [0.15, 0.2) is 0 Å². The molecule has 0 aromatic heterocycles. The molecule has 0 fully saturated rings. The first-order valence-corrected chi connectivity index (χ1v) is 7.20. The van der Waals surface area contributed by atoms with E-state index in [1.807, 2.05) is 0 Å². The van der Waals surface area contributed by atoms with E-state index in [9.17, 15) is 0 Å². The van der Waals surface area contributed by atoms with Crippen LogP contribution in [0.25, 0.3) is 0 Å². The van der Waals surface area contributed by atoms with Crippen LogP contribution < -0.4 is 0 Å². The van der Waals surface area contributed by atoms with E-state index in [1.165, 1.54) is 22.0 Å². The molecule has 0 aliphatic carbocycles. The Hall–Kier alpha value is 0.660. The van der Waals surface area contributed by atoms with E-state index in [-0.39, 0.29) is 0 Å². The van der Waals surface area contributed by atoms with Crippen molar-refractivity contribution in [2.24, 2.45) is 0 Å². The van der Waals surface area contributed by atoms with Crippen LogP contribution in [-0.4, -0.2) is 5.33 Å². The molecule has 0 amide bonds. The standard InChI is InChI=1S/C10H11Br3/c11-5-1-2-8-3-4-9(7-12)10(13)6-8/h3-4,6H,1-2,5,7H2. The second-order valence-corrected chi connectivity index (χ2v) is 5.06. The van der Waals surface area contributed by atoms with Gasteiger partial charge in [-0.1, -0.05) is 59.9 Å². The fourth-order valence-corrected chi connectivity index (χ4v) is 2.84. The maximum Gasteiger partial charge on any atom is 0.0294 e. The molecule has 72 valence electrons. The lowest BCUT2D eigenvalue weighted by Crippen LogP contribution is -1.88. The van der Waals surface area contributed by atoms with Crippen molar-refractivity contribution in [2.75, 3.05) is 5.33 Å². The molecule has 1 rings (SSSR count). The molecule has 1 aromatic rings.